The summed E-state index contributed by atoms with van der Waals surface area (Å²) in [6.45, 7) is 5.31. The molecule has 4 nitrogen and oxygen atoms in total. The predicted molar refractivity (Wildman–Crippen MR) is 71.7 cm³/mol. The number of hydrogen-bond acceptors (Lipinski definition) is 3. The minimum Gasteiger partial charge on any atom is -0.480 e. The molecule has 1 amide bonds. The van der Waals surface area contributed by atoms with E-state index >= 15 is 0 Å². The molecule has 0 saturated heterocycles. The van der Waals surface area contributed by atoms with Crippen molar-refractivity contribution in [2.45, 2.75) is 31.7 Å². The molecular formula is C13H17NO3S. The molecule has 18 heavy (non-hydrogen) atoms. The number of thiophene rings is 1. The Hall–Kier alpha value is -1.62. The SMILES string of the molecule is C=CCCC(NC(=O)C(C)c1cccs1)C(=O)O. The third-order valence-electron chi connectivity index (χ3n) is 2.64. The fourth-order valence-corrected chi connectivity index (χ4v) is 2.29. The predicted octanol–water partition coefficient (Wildman–Crippen LogP) is 2.39. The van der Waals surface area contributed by atoms with Crippen molar-refractivity contribution in [3.05, 3.63) is 35.0 Å². The van der Waals surface area contributed by atoms with Gasteiger partial charge in [0.25, 0.3) is 0 Å². The standard InChI is InChI=1S/C13H17NO3S/c1-3-4-6-10(13(16)17)14-12(15)9(2)11-7-5-8-18-11/h3,5,7-10H,1,4,6H2,2H3,(H,14,15)(H,16,17). The second-order valence-corrected chi connectivity index (χ2v) is 4.98. The van der Waals surface area contributed by atoms with Gasteiger partial charge in [0, 0.05) is 4.88 Å². The van der Waals surface area contributed by atoms with E-state index in [2.05, 4.69) is 11.9 Å². The number of aliphatic carboxylic acids is 1. The molecule has 0 saturated carbocycles. The second-order valence-electron chi connectivity index (χ2n) is 4.00. The zero-order chi connectivity index (χ0) is 13.5. The lowest BCUT2D eigenvalue weighted by atomic mass is 10.1. The van der Waals surface area contributed by atoms with Gasteiger partial charge in [-0.2, -0.15) is 0 Å². The van der Waals surface area contributed by atoms with Crippen LogP contribution < -0.4 is 5.32 Å². The first kappa shape index (κ1) is 14.4. The highest BCUT2D eigenvalue weighted by molar-refractivity contribution is 7.10. The summed E-state index contributed by atoms with van der Waals surface area (Å²) >= 11 is 1.49. The maximum atomic E-state index is 11.9. The molecule has 1 rings (SSSR count). The number of rotatable bonds is 7. The molecule has 0 aliphatic rings. The summed E-state index contributed by atoms with van der Waals surface area (Å²) in [5.41, 5.74) is 0. The summed E-state index contributed by atoms with van der Waals surface area (Å²) in [4.78, 5) is 23.9. The first-order valence-corrected chi connectivity index (χ1v) is 6.61. The highest BCUT2D eigenvalue weighted by Gasteiger charge is 2.23. The van der Waals surface area contributed by atoms with Crippen molar-refractivity contribution in [2.75, 3.05) is 0 Å². The average Bonchev–Trinajstić information content (AvgIpc) is 2.86. The Labute approximate surface area is 110 Å². The highest BCUT2D eigenvalue weighted by atomic mass is 32.1. The van der Waals surface area contributed by atoms with Crippen LogP contribution in [0.15, 0.2) is 30.2 Å². The van der Waals surface area contributed by atoms with Gasteiger partial charge >= 0.3 is 5.97 Å². The minimum atomic E-state index is -1.01. The molecule has 0 aliphatic heterocycles. The number of hydrogen-bond donors (Lipinski definition) is 2. The summed E-state index contributed by atoms with van der Waals surface area (Å²) in [5, 5.41) is 13.5. The Kier molecular flexibility index (Phi) is 5.58. The van der Waals surface area contributed by atoms with Crippen molar-refractivity contribution in [1.82, 2.24) is 5.32 Å². The van der Waals surface area contributed by atoms with Crippen LogP contribution in [0.2, 0.25) is 0 Å². The van der Waals surface area contributed by atoms with E-state index in [1.807, 2.05) is 17.5 Å². The molecule has 5 heteroatoms. The van der Waals surface area contributed by atoms with Crippen LogP contribution >= 0.6 is 11.3 Å². The lowest BCUT2D eigenvalue weighted by Gasteiger charge is -2.16. The number of nitrogens with one attached hydrogen (secondary N) is 1. The number of allylic oxidation sites excluding steroid dienone is 1. The maximum absolute atomic E-state index is 11.9. The van der Waals surface area contributed by atoms with E-state index < -0.39 is 12.0 Å². The van der Waals surface area contributed by atoms with Crippen molar-refractivity contribution in [3.63, 3.8) is 0 Å². The number of carbonyl (C=O) groups is 2. The van der Waals surface area contributed by atoms with Crippen molar-refractivity contribution in [3.8, 4) is 0 Å². The molecule has 1 aromatic heterocycles. The van der Waals surface area contributed by atoms with Gasteiger partial charge < -0.3 is 10.4 Å². The van der Waals surface area contributed by atoms with Gasteiger partial charge in [-0.3, -0.25) is 4.79 Å². The van der Waals surface area contributed by atoms with Gasteiger partial charge in [0.1, 0.15) is 6.04 Å². The fraction of sp³-hybridized carbons (Fsp3) is 0.385. The molecule has 0 spiro atoms. The highest BCUT2D eigenvalue weighted by Crippen LogP contribution is 2.20. The normalized spacial score (nSPS) is 13.6. The lowest BCUT2D eigenvalue weighted by molar-refractivity contribution is -0.142. The van der Waals surface area contributed by atoms with E-state index in [9.17, 15) is 9.59 Å². The number of carboxylic acid groups (broad SMARTS) is 1. The van der Waals surface area contributed by atoms with Crippen molar-refractivity contribution >= 4 is 23.2 Å². The number of carbonyl (C=O) groups excluding carboxylic acids is 1. The van der Waals surface area contributed by atoms with Gasteiger partial charge in [-0.05, 0) is 31.2 Å². The van der Waals surface area contributed by atoms with E-state index in [1.54, 1.807) is 13.0 Å². The van der Waals surface area contributed by atoms with Crippen LogP contribution in [-0.4, -0.2) is 23.0 Å². The van der Waals surface area contributed by atoms with Gasteiger partial charge in [0.05, 0.1) is 5.92 Å². The molecule has 0 bridgehead atoms. The molecule has 98 valence electrons. The van der Waals surface area contributed by atoms with Crippen LogP contribution in [0, 0.1) is 0 Å². The maximum Gasteiger partial charge on any atom is 0.326 e. The van der Waals surface area contributed by atoms with Gasteiger partial charge in [0.2, 0.25) is 5.91 Å². The lowest BCUT2D eigenvalue weighted by Crippen LogP contribution is -2.42. The molecular weight excluding hydrogens is 250 g/mol. The van der Waals surface area contributed by atoms with Gasteiger partial charge in [-0.15, -0.1) is 17.9 Å². The molecule has 0 fully saturated rings. The fourth-order valence-electron chi connectivity index (χ4n) is 1.51. The van der Waals surface area contributed by atoms with E-state index in [1.165, 1.54) is 11.3 Å². The number of amides is 1. The molecule has 2 N–H and O–H groups in total. The minimum absolute atomic E-state index is 0.256. The van der Waals surface area contributed by atoms with Gasteiger partial charge in [-0.25, -0.2) is 4.79 Å². The Morgan fingerprint density at radius 1 is 1.61 bits per heavy atom. The molecule has 0 radical (unpaired) electrons. The zero-order valence-electron chi connectivity index (χ0n) is 10.3. The number of carboxylic acids is 1. The molecule has 2 unspecified atom stereocenters. The molecule has 1 heterocycles. The largest absolute Gasteiger partial charge is 0.480 e. The van der Waals surface area contributed by atoms with Crippen LogP contribution in [0.3, 0.4) is 0 Å². The summed E-state index contributed by atoms with van der Waals surface area (Å²) in [7, 11) is 0. The van der Waals surface area contributed by atoms with Crippen molar-refractivity contribution in [1.29, 1.82) is 0 Å². The molecule has 0 aliphatic carbocycles. The Balaban J connectivity index is 2.60. The average molecular weight is 267 g/mol. The monoisotopic (exact) mass is 267 g/mol. The van der Waals surface area contributed by atoms with Crippen molar-refractivity contribution < 1.29 is 14.7 Å². The zero-order valence-corrected chi connectivity index (χ0v) is 11.1. The quantitative estimate of drug-likeness (QED) is 0.745. The summed E-state index contributed by atoms with van der Waals surface area (Å²) < 4.78 is 0. The Bertz CT molecular complexity index is 414. The Morgan fingerprint density at radius 2 is 2.33 bits per heavy atom. The third kappa shape index (κ3) is 4.00. The third-order valence-corrected chi connectivity index (χ3v) is 3.69. The Morgan fingerprint density at radius 3 is 2.83 bits per heavy atom. The molecule has 1 aromatic rings. The molecule has 2 atom stereocenters. The summed E-state index contributed by atoms with van der Waals surface area (Å²) in [5.74, 6) is -1.59. The topological polar surface area (TPSA) is 66.4 Å². The van der Waals surface area contributed by atoms with Gasteiger partial charge in [0.15, 0.2) is 0 Å². The van der Waals surface area contributed by atoms with E-state index in [-0.39, 0.29) is 11.8 Å². The van der Waals surface area contributed by atoms with Gasteiger partial charge in [-0.1, -0.05) is 12.1 Å². The first-order chi connectivity index (χ1) is 8.56. The van der Waals surface area contributed by atoms with Crippen LogP contribution in [0.25, 0.3) is 0 Å². The van der Waals surface area contributed by atoms with E-state index in [0.29, 0.717) is 12.8 Å². The first-order valence-electron chi connectivity index (χ1n) is 5.73. The summed E-state index contributed by atoms with van der Waals surface area (Å²) in [6.07, 6.45) is 2.57. The van der Waals surface area contributed by atoms with E-state index in [0.717, 1.165) is 4.88 Å². The van der Waals surface area contributed by atoms with E-state index in [4.69, 9.17) is 5.11 Å². The molecule has 0 aromatic carbocycles. The van der Waals surface area contributed by atoms with Crippen molar-refractivity contribution in [2.24, 2.45) is 0 Å². The van der Waals surface area contributed by atoms with Crippen LogP contribution in [0.4, 0.5) is 0 Å². The van der Waals surface area contributed by atoms with Crippen LogP contribution in [0.5, 0.6) is 0 Å². The smallest absolute Gasteiger partial charge is 0.326 e. The van der Waals surface area contributed by atoms with Crippen LogP contribution in [-0.2, 0) is 9.59 Å². The van der Waals surface area contributed by atoms with Crippen LogP contribution in [0.1, 0.15) is 30.6 Å². The summed E-state index contributed by atoms with van der Waals surface area (Å²) in [6, 6.07) is 2.89. The second kappa shape index (κ2) is 6.96.